The van der Waals surface area contributed by atoms with Crippen LogP contribution in [0.1, 0.15) is 21.9 Å². The van der Waals surface area contributed by atoms with Crippen molar-refractivity contribution in [3.05, 3.63) is 40.7 Å². The van der Waals surface area contributed by atoms with Crippen molar-refractivity contribution in [1.82, 2.24) is 9.21 Å². The molecule has 1 amide bonds. The van der Waals surface area contributed by atoms with Crippen molar-refractivity contribution in [2.45, 2.75) is 18.1 Å². The van der Waals surface area contributed by atoms with Gasteiger partial charge < -0.3 is 9.32 Å². The first-order valence-electron chi connectivity index (χ1n) is 7.29. The SMILES string of the molecule is Cc1cc(C(=O)N2CCN(S(=O)(=O)c3cccs3)CC2)c(C)o1. The Hall–Kier alpha value is -1.64. The van der Waals surface area contributed by atoms with Crippen molar-refractivity contribution < 1.29 is 17.6 Å². The van der Waals surface area contributed by atoms with E-state index >= 15 is 0 Å². The van der Waals surface area contributed by atoms with Gasteiger partial charge in [0.2, 0.25) is 0 Å². The van der Waals surface area contributed by atoms with Gasteiger partial charge in [-0.25, -0.2) is 8.42 Å². The molecule has 0 N–H and O–H groups in total. The van der Waals surface area contributed by atoms with E-state index < -0.39 is 10.0 Å². The van der Waals surface area contributed by atoms with Gasteiger partial charge in [-0.2, -0.15) is 4.31 Å². The van der Waals surface area contributed by atoms with E-state index in [4.69, 9.17) is 4.42 Å². The molecule has 124 valence electrons. The fraction of sp³-hybridized carbons (Fsp3) is 0.400. The van der Waals surface area contributed by atoms with Crippen LogP contribution in [0.5, 0.6) is 0 Å². The first-order valence-corrected chi connectivity index (χ1v) is 9.61. The molecule has 0 spiro atoms. The summed E-state index contributed by atoms with van der Waals surface area (Å²) in [6.45, 7) is 4.94. The van der Waals surface area contributed by atoms with Crippen LogP contribution in [0.2, 0.25) is 0 Å². The number of thiophene rings is 1. The van der Waals surface area contributed by atoms with Crippen LogP contribution in [0.3, 0.4) is 0 Å². The van der Waals surface area contributed by atoms with Gasteiger partial charge in [0.15, 0.2) is 0 Å². The van der Waals surface area contributed by atoms with Crippen molar-refractivity contribution >= 4 is 27.3 Å². The molecule has 3 rings (SSSR count). The molecule has 6 nitrogen and oxygen atoms in total. The highest BCUT2D eigenvalue weighted by Crippen LogP contribution is 2.23. The van der Waals surface area contributed by atoms with E-state index in [2.05, 4.69) is 0 Å². The second-order valence-corrected chi connectivity index (χ2v) is 8.57. The third-order valence-corrected chi connectivity index (χ3v) is 7.16. The molecule has 2 aromatic heterocycles. The molecule has 0 bridgehead atoms. The number of piperazine rings is 1. The number of amides is 1. The van der Waals surface area contributed by atoms with Crippen LogP contribution in [-0.2, 0) is 10.0 Å². The summed E-state index contributed by atoms with van der Waals surface area (Å²) in [6.07, 6.45) is 0. The minimum absolute atomic E-state index is 0.104. The van der Waals surface area contributed by atoms with Crippen molar-refractivity contribution in [2.75, 3.05) is 26.2 Å². The third-order valence-electron chi connectivity index (χ3n) is 3.89. The van der Waals surface area contributed by atoms with Crippen molar-refractivity contribution in [1.29, 1.82) is 0 Å². The Morgan fingerprint density at radius 2 is 1.91 bits per heavy atom. The Labute approximate surface area is 139 Å². The van der Waals surface area contributed by atoms with Gasteiger partial charge in [-0.15, -0.1) is 11.3 Å². The second kappa shape index (κ2) is 6.10. The summed E-state index contributed by atoms with van der Waals surface area (Å²) in [5, 5.41) is 1.75. The largest absolute Gasteiger partial charge is 0.466 e. The maximum Gasteiger partial charge on any atom is 0.257 e. The summed E-state index contributed by atoms with van der Waals surface area (Å²) in [6, 6.07) is 5.06. The number of carbonyl (C=O) groups excluding carboxylic acids is 1. The van der Waals surface area contributed by atoms with Gasteiger partial charge in [-0.05, 0) is 31.4 Å². The fourth-order valence-electron chi connectivity index (χ4n) is 2.68. The second-order valence-electron chi connectivity index (χ2n) is 5.46. The van der Waals surface area contributed by atoms with E-state index in [1.165, 1.54) is 15.6 Å². The number of nitrogens with zero attached hydrogens (tertiary/aromatic N) is 2. The lowest BCUT2D eigenvalue weighted by Gasteiger charge is -2.33. The van der Waals surface area contributed by atoms with E-state index in [0.29, 0.717) is 47.5 Å². The molecule has 8 heteroatoms. The lowest BCUT2D eigenvalue weighted by molar-refractivity contribution is 0.0696. The zero-order valence-electron chi connectivity index (χ0n) is 13.0. The molecule has 0 atom stereocenters. The first kappa shape index (κ1) is 16.2. The Morgan fingerprint density at radius 3 is 2.43 bits per heavy atom. The molecule has 1 aliphatic rings. The highest BCUT2D eigenvalue weighted by Gasteiger charge is 2.31. The normalized spacial score (nSPS) is 16.7. The molecule has 23 heavy (non-hydrogen) atoms. The monoisotopic (exact) mass is 354 g/mol. The minimum Gasteiger partial charge on any atom is -0.466 e. The average molecular weight is 354 g/mol. The maximum atomic E-state index is 12.5. The fourth-order valence-corrected chi connectivity index (χ4v) is 5.25. The maximum absolute atomic E-state index is 12.5. The highest BCUT2D eigenvalue weighted by molar-refractivity contribution is 7.91. The van der Waals surface area contributed by atoms with Gasteiger partial charge in [-0.1, -0.05) is 6.07 Å². The summed E-state index contributed by atoms with van der Waals surface area (Å²) in [4.78, 5) is 14.2. The van der Waals surface area contributed by atoms with E-state index in [-0.39, 0.29) is 5.91 Å². The molecule has 1 saturated heterocycles. The van der Waals surface area contributed by atoms with E-state index in [1.807, 2.05) is 0 Å². The van der Waals surface area contributed by atoms with Crippen LogP contribution >= 0.6 is 11.3 Å². The molecule has 1 aliphatic heterocycles. The molecule has 0 saturated carbocycles. The van der Waals surface area contributed by atoms with E-state index in [0.717, 1.165) is 0 Å². The predicted molar refractivity (Wildman–Crippen MR) is 87.2 cm³/mol. The summed E-state index contributed by atoms with van der Waals surface area (Å²) in [5.41, 5.74) is 0.553. The standard InChI is InChI=1S/C15H18N2O4S2/c1-11-10-13(12(2)21-11)15(18)16-5-7-17(8-6-16)23(19,20)14-4-3-9-22-14/h3-4,9-10H,5-8H2,1-2H3. The Morgan fingerprint density at radius 1 is 1.22 bits per heavy atom. The van der Waals surface area contributed by atoms with Crippen LogP contribution in [0.15, 0.2) is 32.2 Å². The number of aryl methyl sites for hydroxylation is 2. The molecule has 0 aromatic carbocycles. The van der Waals surface area contributed by atoms with Gasteiger partial charge in [-0.3, -0.25) is 4.79 Å². The molecule has 2 aromatic rings. The third kappa shape index (κ3) is 3.06. The molecule has 0 aliphatic carbocycles. The molecule has 0 unspecified atom stereocenters. The molecule has 0 radical (unpaired) electrons. The van der Waals surface area contributed by atoms with Gasteiger partial charge in [0.25, 0.3) is 15.9 Å². The van der Waals surface area contributed by atoms with Crippen molar-refractivity contribution in [3.8, 4) is 0 Å². The molecular weight excluding hydrogens is 336 g/mol. The molecule has 1 fully saturated rings. The van der Waals surface area contributed by atoms with Crippen molar-refractivity contribution in [2.24, 2.45) is 0 Å². The van der Waals surface area contributed by atoms with Gasteiger partial charge in [0, 0.05) is 26.2 Å². The number of sulfonamides is 1. The highest BCUT2D eigenvalue weighted by atomic mass is 32.2. The lowest BCUT2D eigenvalue weighted by Crippen LogP contribution is -2.50. The van der Waals surface area contributed by atoms with Crippen LogP contribution in [0.25, 0.3) is 0 Å². The zero-order valence-corrected chi connectivity index (χ0v) is 14.6. The van der Waals surface area contributed by atoms with Crippen LogP contribution < -0.4 is 0 Å². The average Bonchev–Trinajstić information content (AvgIpc) is 3.17. The predicted octanol–water partition coefficient (Wildman–Crippen LogP) is 2.10. The van der Waals surface area contributed by atoms with Crippen LogP contribution in [0.4, 0.5) is 0 Å². The van der Waals surface area contributed by atoms with Gasteiger partial charge in [0.05, 0.1) is 5.56 Å². The Balaban J connectivity index is 1.69. The summed E-state index contributed by atoms with van der Waals surface area (Å²) in [5.74, 6) is 1.19. The van der Waals surface area contributed by atoms with Gasteiger partial charge >= 0.3 is 0 Å². The van der Waals surface area contributed by atoms with Crippen LogP contribution in [-0.4, -0.2) is 49.7 Å². The first-order chi connectivity index (χ1) is 10.9. The lowest BCUT2D eigenvalue weighted by atomic mass is 10.2. The smallest absolute Gasteiger partial charge is 0.257 e. The number of hydrogen-bond donors (Lipinski definition) is 0. The zero-order chi connectivity index (χ0) is 16.6. The van der Waals surface area contributed by atoms with E-state index in [1.54, 1.807) is 42.3 Å². The number of furan rings is 1. The molecular formula is C15H18N2O4S2. The number of carbonyl (C=O) groups is 1. The van der Waals surface area contributed by atoms with Gasteiger partial charge in [0.1, 0.15) is 15.7 Å². The topological polar surface area (TPSA) is 70.8 Å². The minimum atomic E-state index is -3.44. The van der Waals surface area contributed by atoms with Crippen LogP contribution in [0, 0.1) is 13.8 Å². The quantitative estimate of drug-likeness (QED) is 0.846. The Bertz CT molecular complexity index is 801. The van der Waals surface area contributed by atoms with Crippen molar-refractivity contribution in [3.63, 3.8) is 0 Å². The molecule has 3 heterocycles. The summed E-state index contributed by atoms with van der Waals surface area (Å²) in [7, 11) is -3.44. The Kier molecular flexibility index (Phi) is 4.31. The summed E-state index contributed by atoms with van der Waals surface area (Å²) >= 11 is 1.21. The number of hydrogen-bond acceptors (Lipinski definition) is 5. The number of rotatable bonds is 3. The van der Waals surface area contributed by atoms with E-state index in [9.17, 15) is 13.2 Å². The summed E-state index contributed by atoms with van der Waals surface area (Å²) < 4.78 is 32.1.